The van der Waals surface area contributed by atoms with Crippen LogP contribution in [-0.2, 0) is 11.3 Å². The Labute approximate surface area is 170 Å². The Morgan fingerprint density at radius 1 is 1.14 bits per heavy atom. The summed E-state index contributed by atoms with van der Waals surface area (Å²) in [7, 11) is 0. The highest BCUT2D eigenvalue weighted by molar-refractivity contribution is 7.18. The maximum atomic E-state index is 13.0. The molecule has 0 aliphatic carbocycles. The molecular weight excluding hydrogens is 388 g/mol. The van der Waals surface area contributed by atoms with Crippen molar-refractivity contribution in [2.45, 2.75) is 25.4 Å². The van der Waals surface area contributed by atoms with Crippen LogP contribution in [-0.4, -0.2) is 32.1 Å². The highest BCUT2D eigenvalue weighted by Crippen LogP contribution is 2.36. The Kier molecular flexibility index (Phi) is 4.48. The van der Waals surface area contributed by atoms with Crippen molar-refractivity contribution in [3.63, 3.8) is 0 Å². The lowest BCUT2D eigenvalue weighted by atomic mass is 10.2. The third-order valence-corrected chi connectivity index (χ3v) is 6.22. The van der Waals surface area contributed by atoms with Gasteiger partial charge in [0.05, 0.1) is 16.3 Å². The largest absolute Gasteiger partial charge is 0.437 e. The first-order chi connectivity index (χ1) is 14.2. The Bertz CT molecular complexity index is 1190. The summed E-state index contributed by atoms with van der Waals surface area (Å²) in [4.78, 5) is 31.7. The molecule has 0 saturated carbocycles. The molecule has 29 heavy (non-hydrogen) atoms. The Hall–Kier alpha value is -3.26. The molecule has 1 saturated heterocycles. The first-order valence-corrected chi connectivity index (χ1v) is 10.3. The third-order valence-electron chi connectivity index (χ3n) is 5.08. The fourth-order valence-electron chi connectivity index (χ4n) is 3.68. The topological polar surface area (TPSA) is 81.2 Å². The molecule has 2 aromatic carbocycles. The molecule has 0 spiro atoms. The van der Waals surface area contributed by atoms with Crippen molar-refractivity contribution in [3.8, 4) is 11.5 Å². The van der Waals surface area contributed by atoms with Crippen LogP contribution in [0.15, 0.2) is 63.8 Å². The van der Waals surface area contributed by atoms with Crippen LogP contribution in [0.1, 0.15) is 23.9 Å². The van der Waals surface area contributed by atoms with Crippen LogP contribution < -0.4 is 5.76 Å². The van der Waals surface area contributed by atoms with E-state index in [1.165, 1.54) is 0 Å². The van der Waals surface area contributed by atoms with Crippen LogP contribution in [0.25, 0.3) is 21.7 Å². The molecule has 5 rings (SSSR count). The fourth-order valence-corrected chi connectivity index (χ4v) is 4.79. The predicted octanol–water partition coefficient (Wildman–Crippen LogP) is 3.48. The molecule has 1 amide bonds. The molecule has 4 aromatic rings. The monoisotopic (exact) mass is 406 g/mol. The van der Waals surface area contributed by atoms with E-state index in [2.05, 4.69) is 5.10 Å². The number of likely N-dealkylation sites (tertiary alicyclic amines) is 1. The second kappa shape index (κ2) is 7.29. The average Bonchev–Trinajstić information content (AvgIpc) is 3.46. The van der Waals surface area contributed by atoms with Gasteiger partial charge in [0.15, 0.2) is 0 Å². The van der Waals surface area contributed by atoms with E-state index in [0.717, 1.165) is 32.7 Å². The fraction of sp³-hybridized carbons (Fsp3) is 0.238. The van der Waals surface area contributed by atoms with E-state index >= 15 is 0 Å². The summed E-state index contributed by atoms with van der Waals surface area (Å²) in [6.45, 7) is 0.508. The zero-order valence-electron chi connectivity index (χ0n) is 15.5. The number of nitrogens with zero attached hydrogens (tertiary/aromatic N) is 4. The van der Waals surface area contributed by atoms with Crippen molar-refractivity contribution in [1.82, 2.24) is 19.7 Å². The summed E-state index contributed by atoms with van der Waals surface area (Å²) in [5.41, 5.74) is 1.65. The lowest BCUT2D eigenvalue weighted by molar-refractivity contribution is -0.133. The van der Waals surface area contributed by atoms with E-state index in [1.54, 1.807) is 28.4 Å². The average molecular weight is 406 g/mol. The van der Waals surface area contributed by atoms with E-state index < -0.39 is 5.76 Å². The van der Waals surface area contributed by atoms with Crippen LogP contribution in [0.5, 0.6) is 0 Å². The van der Waals surface area contributed by atoms with Gasteiger partial charge in [0.1, 0.15) is 11.6 Å². The number of amides is 1. The van der Waals surface area contributed by atoms with Crippen molar-refractivity contribution < 1.29 is 9.21 Å². The Morgan fingerprint density at radius 2 is 1.93 bits per heavy atom. The second-order valence-corrected chi connectivity index (χ2v) is 8.02. The molecule has 1 aliphatic rings. The van der Waals surface area contributed by atoms with E-state index in [9.17, 15) is 9.59 Å². The number of carbonyl (C=O) groups is 1. The highest BCUT2D eigenvalue weighted by atomic mass is 32.1. The van der Waals surface area contributed by atoms with Gasteiger partial charge in [0.2, 0.25) is 11.8 Å². The molecule has 7 nitrogen and oxygen atoms in total. The molecular formula is C21H18N4O3S. The van der Waals surface area contributed by atoms with Crippen molar-refractivity contribution >= 4 is 27.5 Å². The van der Waals surface area contributed by atoms with Crippen LogP contribution in [0, 0.1) is 0 Å². The standard InChI is InChI=1S/C21H18N4O3S/c26-18(13-25-21(27)28-19(23-25)14-7-2-1-3-8-14)24-12-6-10-16(24)20-22-15-9-4-5-11-17(15)29-20/h1-5,7-9,11,16H,6,10,12-13H2. The van der Waals surface area contributed by atoms with Crippen LogP contribution in [0.2, 0.25) is 0 Å². The molecule has 3 heterocycles. The quantitative estimate of drug-likeness (QED) is 0.518. The maximum absolute atomic E-state index is 13.0. The van der Waals surface area contributed by atoms with E-state index in [0.29, 0.717) is 12.1 Å². The van der Waals surface area contributed by atoms with Crippen molar-refractivity contribution in [3.05, 3.63) is 70.2 Å². The number of hydrogen-bond donors (Lipinski definition) is 0. The number of fused-ring (bicyclic) bond motifs is 1. The Balaban J connectivity index is 1.38. The van der Waals surface area contributed by atoms with Gasteiger partial charge in [0.25, 0.3) is 0 Å². The number of hydrogen-bond acceptors (Lipinski definition) is 6. The van der Waals surface area contributed by atoms with Crippen molar-refractivity contribution in [2.75, 3.05) is 6.54 Å². The number of aromatic nitrogens is 3. The predicted molar refractivity (Wildman–Crippen MR) is 110 cm³/mol. The number of carbonyl (C=O) groups excluding carboxylic acids is 1. The minimum atomic E-state index is -0.632. The van der Waals surface area contributed by atoms with E-state index in [1.807, 2.05) is 42.5 Å². The van der Waals surface area contributed by atoms with Crippen molar-refractivity contribution in [1.29, 1.82) is 0 Å². The molecule has 8 heteroatoms. The molecule has 146 valence electrons. The van der Waals surface area contributed by atoms with Gasteiger partial charge in [-0.25, -0.2) is 9.78 Å². The highest BCUT2D eigenvalue weighted by Gasteiger charge is 2.32. The van der Waals surface area contributed by atoms with Crippen LogP contribution in [0.4, 0.5) is 0 Å². The van der Waals surface area contributed by atoms with Crippen LogP contribution >= 0.6 is 11.3 Å². The molecule has 0 N–H and O–H groups in total. The summed E-state index contributed by atoms with van der Waals surface area (Å²) in [5.74, 6) is -0.567. The second-order valence-electron chi connectivity index (χ2n) is 6.96. The van der Waals surface area contributed by atoms with Gasteiger partial charge in [0, 0.05) is 12.1 Å². The lowest BCUT2D eigenvalue weighted by Gasteiger charge is -2.22. The lowest BCUT2D eigenvalue weighted by Crippen LogP contribution is -2.35. The van der Waals surface area contributed by atoms with Gasteiger partial charge in [-0.2, -0.15) is 4.68 Å². The van der Waals surface area contributed by atoms with Gasteiger partial charge < -0.3 is 9.32 Å². The van der Waals surface area contributed by atoms with E-state index in [4.69, 9.17) is 9.40 Å². The zero-order valence-corrected chi connectivity index (χ0v) is 16.3. The minimum Gasteiger partial charge on any atom is -0.388 e. The number of benzene rings is 2. The molecule has 0 bridgehead atoms. The molecule has 1 atom stereocenters. The normalized spacial score (nSPS) is 16.6. The molecule has 2 aromatic heterocycles. The molecule has 1 unspecified atom stereocenters. The maximum Gasteiger partial charge on any atom is 0.437 e. The van der Waals surface area contributed by atoms with Gasteiger partial charge in [-0.05, 0) is 37.1 Å². The van der Waals surface area contributed by atoms with Crippen LogP contribution in [0.3, 0.4) is 0 Å². The molecule has 1 aliphatic heterocycles. The SMILES string of the molecule is O=C(Cn1nc(-c2ccccc2)oc1=O)N1CCCC1c1nc2ccccc2s1. The number of rotatable bonds is 4. The van der Waals surface area contributed by atoms with E-state index in [-0.39, 0.29) is 24.4 Å². The van der Waals surface area contributed by atoms with Gasteiger partial charge >= 0.3 is 5.76 Å². The summed E-state index contributed by atoms with van der Waals surface area (Å²) in [6.07, 6.45) is 1.78. The number of para-hydroxylation sites is 1. The Morgan fingerprint density at radius 3 is 2.76 bits per heavy atom. The summed E-state index contributed by atoms with van der Waals surface area (Å²) in [6, 6.07) is 17.1. The summed E-state index contributed by atoms with van der Waals surface area (Å²) >= 11 is 1.62. The summed E-state index contributed by atoms with van der Waals surface area (Å²) in [5, 5.41) is 5.14. The minimum absolute atomic E-state index is 0.0592. The number of thiazole rings is 1. The van der Waals surface area contributed by atoms with Gasteiger partial charge in [-0.1, -0.05) is 30.3 Å². The summed E-state index contributed by atoms with van der Waals surface area (Å²) < 4.78 is 7.44. The third kappa shape index (κ3) is 3.36. The first kappa shape index (κ1) is 17.8. The first-order valence-electron chi connectivity index (χ1n) is 9.47. The van der Waals surface area contributed by atoms with Crippen molar-refractivity contribution in [2.24, 2.45) is 0 Å². The molecule has 1 fully saturated rings. The van der Waals surface area contributed by atoms with Gasteiger partial charge in [-0.15, -0.1) is 16.4 Å². The zero-order chi connectivity index (χ0) is 19.8. The smallest absolute Gasteiger partial charge is 0.388 e. The van der Waals surface area contributed by atoms with Gasteiger partial charge in [-0.3, -0.25) is 4.79 Å². The molecule has 0 radical (unpaired) electrons.